The second kappa shape index (κ2) is 8.47. The molecule has 2 atom stereocenters. The van der Waals surface area contributed by atoms with Gasteiger partial charge in [-0.3, -0.25) is 9.10 Å². The topological polar surface area (TPSA) is 110 Å². The van der Waals surface area contributed by atoms with Crippen LogP contribution in [0, 0.1) is 5.82 Å². The summed E-state index contributed by atoms with van der Waals surface area (Å²) in [5.74, 6) is -1.35. The Bertz CT molecular complexity index is 971. The second-order valence-electron chi connectivity index (χ2n) is 5.94. The number of benzene rings is 1. The van der Waals surface area contributed by atoms with Crippen molar-refractivity contribution in [3.05, 3.63) is 53.6 Å². The third-order valence-electron chi connectivity index (χ3n) is 4.02. The van der Waals surface area contributed by atoms with Gasteiger partial charge in [0, 0.05) is 18.3 Å². The Morgan fingerprint density at radius 2 is 2.14 bits per heavy atom. The lowest BCUT2D eigenvalue weighted by molar-refractivity contribution is -0.0500. The summed E-state index contributed by atoms with van der Waals surface area (Å²) in [4.78, 5) is 20.2. The number of hydrogen-bond acceptors (Lipinski definition) is 6. The standard InChI is InChI=1S/C17H16F3N5O3S/c1-25-17(21)24-14(8-29(25)27)11-6-9(2-4-12(11)18)23-15(26)13-5-3-10(7-22-13)28-16(19)20/h2-7,14,16H,8H2,1H3,(H2,21,24)(H,23,26). The largest absolute Gasteiger partial charge is 0.433 e. The number of aromatic nitrogens is 1. The molecule has 0 saturated carbocycles. The van der Waals surface area contributed by atoms with Gasteiger partial charge in [-0.2, -0.15) is 8.78 Å². The van der Waals surface area contributed by atoms with Crippen LogP contribution in [0.25, 0.3) is 0 Å². The lowest BCUT2D eigenvalue weighted by atomic mass is 10.1. The molecule has 2 heterocycles. The number of nitrogens with zero attached hydrogens (tertiary/aromatic N) is 3. The SMILES string of the molecule is CN1C(N)=NC(c2cc(NC(=O)c3ccc(OC(F)F)cn3)ccc2F)CS1=O. The Balaban J connectivity index is 1.78. The zero-order valence-corrected chi connectivity index (χ0v) is 15.8. The number of pyridine rings is 1. The smallest absolute Gasteiger partial charge is 0.387 e. The molecule has 12 heteroatoms. The number of aliphatic imine (C=N–C) groups is 1. The van der Waals surface area contributed by atoms with Crippen molar-refractivity contribution in [1.29, 1.82) is 0 Å². The van der Waals surface area contributed by atoms with Crippen LogP contribution < -0.4 is 15.8 Å². The Labute approximate surface area is 166 Å². The molecule has 1 aliphatic rings. The lowest BCUT2D eigenvalue weighted by Crippen LogP contribution is -2.41. The summed E-state index contributed by atoms with van der Waals surface area (Å²) in [5.41, 5.74) is 6.03. The average Bonchev–Trinajstić information content (AvgIpc) is 2.67. The van der Waals surface area contributed by atoms with E-state index in [1.165, 1.54) is 35.6 Å². The van der Waals surface area contributed by atoms with Crippen LogP contribution in [0.4, 0.5) is 18.9 Å². The van der Waals surface area contributed by atoms with E-state index in [1.807, 2.05) is 0 Å². The molecule has 8 nitrogen and oxygen atoms in total. The molecule has 1 aliphatic heterocycles. The first kappa shape index (κ1) is 20.6. The fourth-order valence-corrected chi connectivity index (χ4v) is 3.55. The highest BCUT2D eigenvalue weighted by atomic mass is 32.2. The van der Waals surface area contributed by atoms with Crippen LogP contribution in [0.5, 0.6) is 5.75 Å². The molecule has 0 spiro atoms. The minimum absolute atomic E-state index is 0.0173. The first-order valence-electron chi connectivity index (χ1n) is 8.21. The Morgan fingerprint density at radius 1 is 1.38 bits per heavy atom. The fourth-order valence-electron chi connectivity index (χ4n) is 2.55. The number of ether oxygens (including phenoxy) is 1. The summed E-state index contributed by atoms with van der Waals surface area (Å²) < 4.78 is 56.1. The number of alkyl halides is 2. The van der Waals surface area contributed by atoms with Gasteiger partial charge in [0.25, 0.3) is 5.91 Å². The molecular weight excluding hydrogens is 411 g/mol. The quantitative estimate of drug-likeness (QED) is 0.759. The van der Waals surface area contributed by atoms with Gasteiger partial charge in [0.1, 0.15) is 28.2 Å². The van der Waals surface area contributed by atoms with Crippen LogP contribution in [0.15, 0.2) is 41.5 Å². The van der Waals surface area contributed by atoms with E-state index in [4.69, 9.17) is 5.73 Å². The number of halogens is 3. The van der Waals surface area contributed by atoms with Crippen LogP contribution in [-0.2, 0) is 11.0 Å². The number of nitrogens with one attached hydrogen (secondary N) is 1. The number of carbonyl (C=O) groups excluding carboxylic acids is 1. The molecule has 0 saturated heterocycles. The molecule has 0 radical (unpaired) electrons. The maximum absolute atomic E-state index is 14.3. The molecule has 1 aromatic carbocycles. The minimum Gasteiger partial charge on any atom is -0.433 e. The van der Waals surface area contributed by atoms with Crippen molar-refractivity contribution in [2.75, 3.05) is 18.1 Å². The van der Waals surface area contributed by atoms with Crippen molar-refractivity contribution in [3.63, 3.8) is 0 Å². The highest BCUT2D eigenvalue weighted by Gasteiger charge is 2.27. The van der Waals surface area contributed by atoms with Gasteiger partial charge in [-0.25, -0.2) is 18.6 Å². The first-order chi connectivity index (χ1) is 13.7. The zero-order chi connectivity index (χ0) is 21.1. The predicted molar refractivity (Wildman–Crippen MR) is 100 cm³/mol. The van der Waals surface area contributed by atoms with E-state index in [0.717, 1.165) is 12.3 Å². The molecule has 2 unspecified atom stereocenters. The van der Waals surface area contributed by atoms with E-state index >= 15 is 0 Å². The van der Waals surface area contributed by atoms with Crippen LogP contribution >= 0.6 is 0 Å². The molecule has 154 valence electrons. The van der Waals surface area contributed by atoms with E-state index in [1.54, 1.807) is 0 Å². The van der Waals surface area contributed by atoms with Crippen LogP contribution in [0.1, 0.15) is 22.1 Å². The second-order valence-corrected chi connectivity index (χ2v) is 7.46. The van der Waals surface area contributed by atoms with Crippen LogP contribution in [-0.4, -0.2) is 44.8 Å². The van der Waals surface area contributed by atoms with Crippen molar-refractivity contribution in [1.82, 2.24) is 9.29 Å². The maximum atomic E-state index is 14.3. The fraction of sp³-hybridized carbons (Fsp3) is 0.235. The van der Waals surface area contributed by atoms with Gasteiger partial charge in [0.05, 0.1) is 18.0 Å². The third kappa shape index (κ3) is 4.83. The Morgan fingerprint density at radius 3 is 2.76 bits per heavy atom. The van der Waals surface area contributed by atoms with Gasteiger partial charge < -0.3 is 15.8 Å². The number of rotatable bonds is 5. The van der Waals surface area contributed by atoms with Crippen molar-refractivity contribution >= 4 is 28.5 Å². The monoisotopic (exact) mass is 427 g/mol. The highest BCUT2D eigenvalue weighted by Crippen LogP contribution is 2.28. The normalized spacial score (nSPS) is 19.1. The van der Waals surface area contributed by atoms with E-state index < -0.39 is 35.4 Å². The van der Waals surface area contributed by atoms with Gasteiger partial charge in [0.15, 0.2) is 0 Å². The third-order valence-corrected chi connectivity index (χ3v) is 5.42. The summed E-state index contributed by atoms with van der Waals surface area (Å²) in [5, 5.41) is 2.53. The molecule has 0 fully saturated rings. The summed E-state index contributed by atoms with van der Waals surface area (Å²) in [6.07, 6.45) is 0.989. The van der Waals surface area contributed by atoms with Crippen molar-refractivity contribution in [3.8, 4) is 5.75 Å². The highest BCUT2D eigenvalue weighted by molar-refractivity contribution is 7.83. The van der Waals surface area contributed by atoms with Crippen molar-refractivity contribution in [2.24, 2.45) is 10.7 Å². The van der Waals surface area contributed by atoms with Crippen molar-refractivity contribution in [2.45, 2.75) is 12.7 Å². The van der Waals surface area contributed by atoms with Gasteiger partial charge >= 0.3 is 6.61 Å². The number of carbonyl (C=O) groups is 1. The summed E-state index contributed by atoms with van der Waals surface area (Å²) in [6.45, 7) is -3.00. The van der Waals surface area contributed by atoms with Gasteiger partial charge in [0.2, 0.25) is 5.96 Å². The molecule has 3 N–H and O–H groups in total. The van der Waals surface area contributed by atoms with Crippen LogP contribution in [0.2, 0.25) is 0 Å². The molecule has 0 bridgehead atoms. The first-order valence-corrected chi connectivity index (χ1v) is 9.49. The molecule has 0 aliphatic carbocycles. The Hall–Kier alpha value is -3.15. The van der Waals surface area contributed by atoms with Gasteiger partial charge in [-0.15, -0.1) is 0 Å². The van der Waals surface area contributed by atoms with E-state index in [2.05, 4.69) is 20.0 Å². The number of anilines is 1. The van der Waals surface area contributed by atoms with Crippen LogP contribution in [0.3, 0.4) is 0 Å². The lowest BCUT2D eigenvalue weighted by Gasteiger charge is -2.26. The van der Waals surface area contributed by atoms with Crippen molar-refractivity contribution < 1.29 is 26.9 Å². The Kier molecular flexibility index (Phi) is 6.01. The predicted octanol–water partition coefficient (Wildman–Crippen LogP) is 2.04. The van der Waals surface area contributed by atoms with E-state index in [-0.39, 0.29) is 34.4 Å². The number of guanidine groups is 1. The summed E-state index contributed by atoms with van der Waals surface area (Å²) in [6, 6.07) is 5.46. The van der Waals surface area contributed by atoms with Gasteiger partial charge in [-0.05, 0) is 30.3 Å². The van der Waals surface area contributed by atoms with E-state index in [0.29, 0.717) is 0 Å². The molecule has 2 aromatic rings. The molecule has 1 amide bonds. The molecule has 29 heavy (non-hydrogen) atoms. The maximum Gasteiger partial charge on any atom is 0.387 e. The zero-order valence-electron chi connectivity index (χ0n) is 15.0. The molecule has 1 aromatic heterocycles. The van der Waals surface area contributed by atoms with Gasteiger partial charge in [-0.1, -0.05) is 0 Å². The molecule has 3 rings (SSSR count). The number of nitrogens with two attached hydrogens (primary N) is 1. The minimum atomic E-state index is -3.00. The van der Waals surface area contributed by atoms with E-state index in [9.17, 15) is 22.2 Å². The summed E-state index contributed by atoms with van der Waals surface area (Å²) >= 11 is 0. The average molecular weight is 427 g/mol. The number of amides is 1. The number of hydrogen-bond donors (Lipinski definition) is 2. The summed E-state index contributed by atoms with van der Waals surface area (Å²) in [7, 11) is 0.0573. The molecular formula is C17H16F3N5O3S.